The molecule has 2 amide bonds. The van der Waals surface area contributed by atoms with Crippen molar-refractivity contribution in [2.75, 3.05) is 39.8 Å². The highest BCUT2D eigenvalue weighted by Gasteiger charge is 2.24. The number of carbonyl (C=O) groups is 1. The molecule has 0 saturated heterocycles. The summed E-state index contributed by atoms with van der Waals surface area (Å²) in [7, 11) is 2.06. The standard InChI is InChI=1S/C22H29N3O3/c1-3-25(16-19-17-27-20-11-7-8-12-21(20)28-19)22(26)23-13-14-24(2)15-18-9-5-4-6-10-18/h4-12,19H,3,13-17H2,1-2H3,(H,23,26). The summed E-state index contributed by atoms with van der Waals surface area (Å²) in [6.07, 6.45) is -0.165. The van der Waals surface area contributed by atoms with Gasteiger partial charge in [-0.05, 0) is 31.7 Å². The first-order valence-corrected chi connectivity index (χ1v) is 9.79. The van der Waals surface area contributed by atoms with Gasteiger partial charge in [0.1, 0.15) is 6.61 Å². The lowest BCUT2D eigenvalue weighted by molar-refractivity contribution is 0.0675. The van der Waals surface area contributed by atoms with Gasteiger partial charge in [0.2, 0.25) is 0 Å². The van der Waals surface area contributed by atoms with Gasteiger partial charge in [-0.25, -0.2) is 4.79 Å². The van der Waals surface area contributed by atoms with Gasteiger partial charge in [0.05, 0.1) is 6.54 Å². The molecule has 1 atom stereocenters. The lowest BCUT2D eigenvalue weighted by Gasteiger charge is -2.31. The number of fused-ring (bicyclic) bond motifs is 1. The number of hydrogen-bond acceptors (Lipinski definition) is 4. The second kappa shape index (κ2) is 9.99. The van der Waals surface area contributed by atoms with Gasteiger partial charge in [0.15, 0.2) is 17.6 Å². The molecule has 1 N–H and O–H groups in total. The maximum absolute atomic E-state index is 12.5. The van der Waals surface area contributed by atoms with Gasteiger partial charge >= 0.3 is 6.03 Å². The van der Waals surface area contributed by atoms with E-state index < -0.39 is 0 Å². The predicted molar refractivity (Wildman–Crippen MR) is 110 cm³/mol. The average molecular weight is 383 g/mol. The summed E-state index contributed by atoms with van der Waals surface area (Å²) in [6, 6.07) is 17.9. The Bertz CT molecular complexity index is 754. The van der Waals surface area contributed by atoms with E-state index in [4.69, 9.17) is 9.47 Å². The summed E-state index contributed by atoms with van der Waals surface area (Å²) in [4.78, 5) is 16.5. The van der Waals surface area contributed by atoms with Gasteiger partial charge in [0.25, 0.3) is 0 Å². The fourth-order valence-corrected chi connectivity index (χ4v) is 3.19. The Hall–Kier alpha value is -2.73. The number of para-hydroxylation sites is 2. The molecule has 0 aliphatic carbocycles. The van der Waals surface area contributed by atoms with Crippen LogP contribution >= 0.6 is 0 Å². The smallest absolute Gasteiger partial charge is 0.317 e. The van der Waals surface area contributed by atoms with E-state index in [-0.39, 0.29) is 12.1 Å². The maximum atomic E-state index is 12.5. The van der Waals surface area contributed by atoms with E-state index >= 15 is 0 Å². The van der Waals surface area contributed by atoms with E-state index in [0.29, 0.717) is 26.2 Å². The molecule has 6 heteroatoms. The van der Waals surface area contributed by atoms with Gasteiger partial charge in [0, 0.05) is 26.2 Å². The zero-order valence-electron chi connectivity index (χ0n) is 16.6. The molecule has 1 unspecified atom stereocenters. The van der Waals surface area contributed by atoms with Gasteiger partial charge < -0.3 is 24.6 Å². The van der Waals surface area contributed by atoms with Crippen molar-refractivity contribution in [2.24, 2.45) is 0 Å². The van der Waals surface area contributed by atoms with Crippen LogP contribution in [0.1, 0.15) is 12.5 Å². The van der Waals surface area contributed by atoms with Crippen LogP contribution in [0.4, 0.5) is 4.79 Å². The minimum absolute atomic E-state index is 0.0712. The predicted octanol–water partition coefficient (Wildman–Crippen LogP) is 2.99. The lowest BCUT2D eigenvalue weighted by atomic mass is 10.2. The second-order valence-electron chi connectivity index (χ2n) is 6.99. The molecule has 0 bridgehead atoms. The lowest BCUT2D eigenvalue weighted by Crippen LogP contribution is -2.48. The van der Waals surface area contributed by atoms with Crippen molar-refractivity contribution in [3.05, 3.63) is 60.2 Å². The van der Waals surface area contributed by atoms with Crippen LogP contribution < -0.4 is 14.8 Å². The van der Waals surface area contributed by atoms with E-state index in [1.165, 1.54) is 5.56 Å². The zero-order valence-corrected chi connectivity index (χ0v) is 16.6. The molecule has 0 aromatic heterocycles. The summed E-state index contributed by atoms with van der Waals surface area (Å²) in [5.41, 5.74) is 1.27. The van der Waals surface area contributed by atoms with E-state index in [1.807, 2.05) is 49.4 Å². The SMILES string of the molecule is CCN(CC1COc2ccccc2O1)C(=O)NCCN(C)Cc1ccccc1. The summed E-state index contributed by atoms with van der Waals surface area (Å²) in [5.74, 6) is 1.49. The molecule has 1 heterocycles. The number of ether oxygens (including phenoxy) is 2. The summed E-state index contributed by atoms with van der Waals surface area (Å²) >= 11 is 0. The fraction of sp³-hybridized carbons (Fsp3) is 0.409. The minimum Gasteiger partial charge on any atom is -0.486 e. The van der Waals surface area contributed by atoms with Crippen molar-refractivity contribution in [1.29, 1.82) is 0 Å². The van der Waals surface area contributed by atoms with Crippen molar-refractivity contribution < 1.29 is 14.3 Å². The Labute approximate surface area is 167 Å². The number of likely N-dealkylation sites (N-methyl/N-ethyl adjacent to an activating group) is 2. The molecule has 2 aromatic carbocycles. The van der Waals surface area contributed by atoms with Crippen molar-refractivity contribution in [2.45, 2.75) is 19.6 Å². The van der Waals surface area contributed by atoms with Crippen LogP contribution in [0.2, 0.25) is 0 Å². The molecule has 0 fully saturated rings. The van der Waals surface area contributed by atoms with Gasteiger partial charge in [-0.1, -0.05) is 42.5 Å². The highest BCUT2D eigenvalue weighted by Crippen LogP contribution is 2.30. The molecule has 0 radical (unpaired) electrons. The monoisotopic (exact) mass is 383 g/mol. The van der Waals surface area contributed by atoms with Crippen molar-refractivity contribution in [3.8, 4) is 11.5 Å². The fourth-order valence-electron chi connectivity index (χ4n) is 3.19. The largest absolute Gasteiger partial charge is 0.486 e. The average Bonchev–Trinajstić information content (AvgIpc) is 2.72. The Kier molecular flexibility index (Phi) is 7.14. The van der Waals surface area contributed by atoms with E-state index in [0.717, 1.165) is 24.6 Å². The Morgan fingerprint density at radius 2 is 1.82 bits per heavy atom. The van der Waals surface area contributed by atoms with Crippen molar-refractivity contribution in [1.82, 2.24) is 15.1 Å². The molecule has 6 nitrogen and oxygen atoms in total. The Morgan fingerprint density at radius 1 is 1.11 bits per heavy atom. The first kappa shape index (κ1) is 20.0. The number of hydrogen-bond donors (Lipinski definition) is 1. The molecule has 0 spiro atoms. The van der Waals surface area contributed by atoms with Gasteiger partial charge in [-0.3, -0.25) is 0 Å². The zero-order chi connectivity index (χ0) is 19.8. The number of amides is 2. The molecule has 3 rings (SSSR count). The first-order valence-electron chi connectivity index (χ1n) is 9.79. The highest BCUT2D eigenvalue weighted by atomic mass is 16.6. The van der Waals surface area contributed by atoms with E-state index in [1.54, 1.807) is 4.90 Å². The van der Waals surface area contributed by atoms with Crippen LogP contribution in [-0.2, 0) is 6.54 Å². The number of nitrogens with zero attached hydrogens (tertiary/aromatic N) is 2. The quantitative estimate of drug-likeness (QED) is 0.761. The Balaban J connectivity index is 1.41. The molecule has 2 aromatic rings. The highest BCUT2D eigenvalue weighted by molar-refractivity contribution is 5.74. The first-order chi connectivity index (χ1) is 13.7. The Morgan fingerprint density at radius 3 is 2.57 bits per heavy atom. The van der Waals surface area contributed by atoms with Gasteiger partial charge in [-0.2, -0.15) is 0 Å². The molecule has 1 aliphatic rings. The molecular formula is C22H29N3O3. The summed E-state index contributed by atoms with van der Waals surface area (Å²) < 4.78 is 11.7. The third-order valence-electron chi connectivity index (χ3n) is 4.73. The molecule has 150 valence electrons. The topological polar surface area (TPSA) is 54.0 Å². The number of nitrogens with one attached hydrogen (secondary N) is 1. The third kappa shape index (κ3) is 5.63. The molecule has 1 aliphatic heterocycles. The van der Waals surface area contributed by atoms with E-state index in [2.05, 4.69) is 29.4 Å². The van der Waals surface area contributed by atoms with Crippen molar-refractivity contribution >= 4 is 6.03 Å². The van der Waals surface area contributed by atoms with Crippen LogP contribution in [0.5, 0.6) is 11.5 Å². The van der Waals surface area contributed by atoms with Crippen LogP contribution in [0.15, 0.2) is 54.6 Å². The number of benzene rings is 2. The van der Waals surface area contributed by atoms with Crippen LogP contribution in [-0.4, -0.2) is 61.8 Å². The third-order valence-corrected chi connectivity index (χ3v) is 4.73. The molecule has 0 saturated carbocycles. The van der Waals surface area contributed by atoms with Gasteiger partial charge in [-0.15, -0.1) is 0 Å². The van der Waals surface area contributed by atoms with Crippen LogP contribution in [0, 0.1) is 0 Å². The maximum Gasteiger partial charge on any atom is 0.317 e. The molecular weight excluding hydrogens is 354 g/mol. The normalized spacial score (nSPS) is 15.3. The number of carbonyl (C=O) groups excluding carboxylic acids is 1. The second-order valence-corrected chi connectivity index (χ2v) is 6.99. The summed E-state index contributed by atoms with van der Waals surface area (Å²) in [6.45, 7) is 5.78. The van der Waals surface area contributed by atoms with Crippen LogP contribution in [0.3, 0.4) is 0 Å². The van der Waals surface area contributed by atoms with Crippen molar-refractivity contribution in [3.63, 3.8) is 0 Å². The molecule has 28 heavy (non-hydrogen) atoms. The number of urea groups is 1. The number of rotatable bonds is 8. The minimum atomic E-state index is -0.165. The van der Waals surface area contributed by atoms with E-state index in [9.17, 15) is 4.79 Å². The van der Waals surface area contributed by atoms with Crippen LogP contribution in [0.25, 0.3) is 0 Å². The summed E-state index contributed by atoms with van der Waals surface area (Å²) in [5, 5.41) is 3.01.